The molecule has 2 aromatic carbocycles. The average molecular weight is 474 g/mol. The van der Waals surface area contributed by atoms with Crippen molar-refractivity contribution in [2.75, 3.05) is 5.75 Å². The van der Waals surface area contributed by atoms with E-state index in [1.807, 2.05) is 26.0 Å². The van der Waals surface area contributed by atoms with E-state index < -0.39 is 6.04 Å². The largest absolute Gasteiger partial charge is 0.352 e. The first-order chi connectivity index (χ1) is 13.7. The highest BCUT2D eigenvalue weighted by molar-refractivity contribution is 8.00. The van der Waals surface area contributed by atoms with Gasteiger partial charge in [0.15, 0.2) is 0 Å². The van der Waals surface area contributed by atoms with Crippen LogP contribution in [0.3, 0.4) is 0 Å². The molecule has 29 heavy (non-hydrogen) atoms. The number of carbonyl (C=O) groups excluding carboxylic acids is 2. The van der Waals surface area contributed by atoms with Crippen molar-refractivity contribution in [3.8, 4) is 0 Å². The molecule has 1 N–H and O–H groups in total. The second-order valence-electron chi connectivity index (χ2n) is 6.84. The number of nitrogens with zero attached hydrogens (tertiary/aromatic N) is 1. The maximum Gasteiger partial charge on any atom is 0.242 e. The number of nitrogens with one attached hydrogen (secondary N) is 1. The van der Waals surface area contributed by atoms with Crippen molar-refractivity contribution in [2.24, 2.45) is 0 Å². The SMILES string of the molecule is CC(C)NC(=O)[C@@H](C)N(Cc1ccc(Cl)cc1Cl)C(=O)CSc1ccc(Cl)cc1. The lowest BCUT2D eigenvalue weighted by molar-refractivity contribution is -0.138. The fraction of sp³-hybridized carbons (Fsp3) is 0.333. The second-order valence-corrected chi connectivity index (χ2v) is 9.17. The van der Waals surface area contributed by atoms with Gasteiger partial charge in [-0.25, -0.2) is 0 Å². The Labute approximate surface area is 190 Å². The van der Waals surface area contributed by atoms with Crippen molar-refractivity contribution in [3.05, 3.63) is 63.1 Å². The van der Waals surface area contributed by atoms with Crippen LogP contribution >= 0.6 is 46.6 Å². The number of amides is 2. The monoisotopic (exact) mass is 472 g/mol. The number of hydrogen-bond acceptors (Lipinski definition) is 3. The van der Waals surface area contributed by atoms with Crippen LogP contribution in [0.2, 0.25) is 15.1 Å². The molecule has 1 atom stereocenters. The van der Waals surface area contributed by atoms with Crippen LogP contribution in [0.25, 0.3) is 0 Å². The van der Waals surface area contributed by atoms with E-state index in [9.17, 15) is 9.59 Å². The molecule has 0 aromatic heterocycles. The van der Waals surface area contributed by atoms with Crippen molar-refractivity contribution >= 4 is 58.4 Å². The lowest BCUT2D eigenvalue weighted by atomic mass is 10.1. The van der Waals surface area contributed by atoms with Crippen LogP contribution in [-0.4, -0.2) is 34.6 Å². The molecule has 4 nitrogen and oxygen atoms in total. The highest BCUT2D eigenvalue weighted by Crippen LogP contribution is 2.25. The molecule has 0 radical (unpaired) electrons. The molecule has 2 aromatic rings. The van der Waals surface area contributed by atoms with E-state index in [1.165, 1.54) is 16.7 Å². The predicted octanol–water partition coefficient (Wildman–Crippen LogP) is 5.68. The highest BCUT2D eigenvalue weighted by atomic mass is 35.5. The van der Waals surface area contributed by atoms with E-state index in [1.54, 1.807) is 37.3 Å². The summed E-state index contributed by atoms with van der Waals surface area (Å²) in [6, 6.07) is 11.7. The van der Waals surface area contributed by atoms with Gasteiger partial charge in [-0.3, -0.25) is 9.59 Å². The zero-order valence-corrected chi connectivity index (χ0v) is 19.5. The Hall–Kier alpha value is -1.40. The first kappa shape index (κ1) is 23.9. The van der Waals surface area contributed by atoms with Gasteiger partial charge in [0.1, 0.15) is 6.04 Å². The molecular weight excluding hydrogens is 451 g/mol. The van der Waals surface area contributed by atoms with Crippen molar-refractivity contribution in [1.29, 1.82) is 0 Å². The van der Waals surface area contributed by atoms with E-state index in [0.29, 0.717) is 15.1 Å². The lowest BCUT2D eigenvalue weighted by Gasteiger charge is -2.29. The summed E-state index contributed by atoms with van der Waals surface area (Å²) in [6.45, 7) is 5.68. The van der Waals surface area contributed by atoms with Gasteiger partial charge in [0.25, 0.3) is 0 Å². The minimum atomic E-state index is -0.650. The fourth-order valence-corrected chi connectivity index (χ4v) is 3.96. The van der Waals surface area contributed by atoms with E-state index in [-0.39, 0.29) is 30.2 Å². The maximum atomic E-state index is 13.0. The summed E-state index contributed by atoms with van der Waals surface area (Å²) in [5.74, 6) is -0.191. The Bertz CT molecular complexity index is 860. The lowest BCUT2D eigenvalue weighted by Crippen LogP contribution is -2.49. The second kappa shape index (κ2) is 11.1. The minimum Gasteiger partial charge on any atom is -0.352 e. The number of halogens is 3. The average Bonchev–Trinajstić information content (AvgIpc) is 2.65. The molecule has 0 aliphatic carbocycles. The summed E-state index contributed by atoms with van der Waals surface area (Å²) in [4.78, 5) is 28.0. The molecule has 0 heterocycles. The van der Waals surface area contributed by atoms with E-state index >= 15 is 0 Å². The summed E-state index contributed by atoms with van der Waals surface area (Å²) in [5.41, 5.74) is 0.727. The van der Waals surface area contributed by atoms with Crippen LogP contribution in [0.15, 0.2) is 47.4 Å². The molecule has 0 saturated carbocycles. The van der Waals surface area contributed by atoms with Gasteiger partial charge >= 0.3 is 0 Å². The Morgan fingerprint density at radius 2 is 1.62 bits per heavy atom. The third-order valence-corrected chi connectivity index (χ3v) is 5.97. The summed E-state index contributed by atoms with van der Waals surface area (Å²) in [6.07, 6.45) is 0. The van der Waals surface area contributed by atoms with Gasteiger partial charge in [0.2, 0.25) is 11.8 Å². The number of hydrogen-bond donors (Lipinski definition) is 1. The van der Waals surface area contributed by atoms with Gasteiger partial charge in [0, 0.05) is 32.5 Å². The Kier molecular flexibility index (Phi) is 9.15. The first-order valence-electron chi connectivity index (χ1n) is 9.09. The quantitative estimate of drug-likeness (QED) is 0.502. The van der Waals surface area contributed by atoms with E-state index in [0.717, 1.165) is 10.5 Å². The zero-order chi connectivity index (χ0) is 21.6. The van der Waals surface area contributed by atoms with Crippen molar-refractivity contribution in [2.45, 2.75) is 44.3 Å². The third kappa shape index (κ3) is 7.41. The molecular formula is C21H23Cl3N2O2S. The normalized spacial score (nSPS) is 12.0. The van der Waals surface area contributed by atoms with Gasteiger partial charge in [-0.15, -0.1) is 11.8 Å². The molecule has 2 rings (SSSR count). The first-order valence-corrected chi connectivity index (χ1v) is 11.2. The minimum absolute atomic E-state index is 0.0236. The molecule has 0 spiro atoms. The Morgan fingerprint density at radius 3 is 2.21 bits per heavy atom. The van der Waals surface area contributed by atoms with Gasteiger partial charge < -0.3 is 10.2 Å². The van der Waals surface area contributed by atoms with E-state index in [4.69, 9.17) is 34.8 Å². The zero-order valence-electron chi connectivity index (χ0n) is 16.4. The highest BCUT2D eigenvalue weighted by Gasteiger charge is 2.27. The predicted molar refractivity (Wildman–Crippen MR) is 122 cm³/mol. The van der Waals surface area contributed by atoms with Gasteiger partial charge in [-0.05, 0) is 62.7 Å². The molecule has 8 heteroatoms. The molecule has 0 unspecified atom stereocenters. The van der Waals surface area contributed by atoms with Crippen molar-refractivity contribution < 1.29 is 9.59 Å². The van der Waals surface area contributed by atoms with Crippen LogP contribution in [0.5, 0.6) is 0 Å². The van der Waals surface area contributed by atoms with Crippen molar-refractivity contribution in [3.63, 3.8) is 0 Å². The molecule has 156 valence electrons. The van der Waals surface area contributed by atoms with Crippen LogP contribution in [0.4, 0.5) is 0 Å². The molecule has 2 amide bonds. The van der Waals surface area contributed by atoms with Gasteiger partial charge in [-0.1, -0.05) is 40.9 Å². The Morgan fingerprint density at radius 1 is 1.00 bits per heavy atom. The molecule has 0 saturated heterocycles. The standard InChI is InChI=1S/C21H23Cl3N2O2S/c1-13(2)25-21(28)14(3)26(11-15-4-5-17(23)10-19(15)24)20(27)12-29-18-8-6-16(22)7-9-18/h4-10,13-14H,11-12H2,1-3H3,(H,25,28)/t14-/m1/s1. The summed E-state index contributed by atoms with van der Waals surface area (Å²) >= 11 is 19.6. The van der Waals surface area contributed by atoms with Gasteiger partial charge in [-0.2, -0.15) is 0 Å². The van der Waals surface area contributed by atoms with Crippen LogP contribution in [0.1, 0.15) is 26.3 Å². The van der Waals surface area contributed by atoms with Crippen LogP contribution in [-0.2, 0) is 16.1 Å². The van der Waals surface area contributed by atoms with Crippen LogP contribution < -0.4 is 5.32 Å². The molecule has 0 aliphatic rings. The summed E-state index contributed by atoms with van der Waals surface area (Å²) < 4.78 is 0. The molecule has 0 aliphatic heterocycles. The fourth-order valence-electron chi connectivity index (χ4n) is 2.58. The number of rotatable bonds is 8. The maximum absolute atomic E-state index is 13.0. The van der Waals surface area contributed by atoms with Crippen LogP contribution in [0, 0.1) is 0 Å². The summed E-state index contributed by atoms with van der Waals surface area (Å²) in [5, 5.41) is 4.47. The number of benzene rings is 2. The summed E-state index contributed by atoms with van der Waals surface area (Å²) in [7, 11) is 0. The van der Waals surface area contributed by atoms with Crippen molar-refractivity contribution in [1.82, 2.24) is 10.2 Å². The van der Waals surface area contributed by atoms with Gasteiger partial charge in [0.05, 0.1) is 5.75 Å². The number of thioether (sulfide) groups is 1. The topological polar surface area (TPSA) is 49.4 Å². The molecule has 0 fully saturated rings. The van der Waals surface area contributed by atoms with E-state index in [2.05, 4.69) is 5.32 Å². The Balaban J connectivity index is 2.18. The molecule has 0 bridgehead atoms. The smallest absolute Gasteiger partial charge is 0.242 e. The third-order valence-electron chi connectivity index (χ3n) is 4.13. The number of carbonyl (C=O) groups is 2.